The lowest BCUT2D eigenvalue weighted by atomic mass is 9.47. The lowest BCUT2D eigenvalue weighted by Crippen LogP contribution is -2.51. The molecule has 2 aromatic carbocycles. The van der Waals surface area contributed by atoms with E-state index >= 15 is 0 Å². The third-order valence-electron chi connectivity index (χ3n) is 13.3. The van der Waals surface area contributed by atoms with Crippen LogP contribution in [0.5, 0.6) is 0 Å². The molecule has 46 heavy (non-hydrogen) atoms. The van der Waals surface area contributed by atoms with Crippen molar-refractivity contribution in [2.45, 2.75) is 83.3 Å². The number of para-hydroxylation sites is 1. The molecule has 1 unspecified atom stereocenters. The van der Waals surface area contributed by atoms with Crippen LogP contribution < -0.4 is 16.0 Å². The van der Waals surface area contributed by atoms with Gasteiger partial charge in [0.05, 0.1) is 18.2 Å². The number of halogens is 1. The highest BCUT2D eigenvalue weighted by Crippen LogP contribution is 2.67. The summed E-state index contributed by atoms with van der Waals surface area (Å²) in [4.78, 5) is 16.5. The summed E-state index contributed by atoms with van der Waals surface area (Å²) in [6.45, 7) is 5.18. The molecular weight excluding hydrogens is 575 g/mol. The Balaban J connectivity index is 1.17. The van der Waals surface area contributed by atoms with Gasteiger partial charge in [0.15, 0.2) is 0 Å². The quantitative estimate of drug-likeness (QED) is 0.331. The molecule has 2 aliphatic heterocycles. The second-order valence-corrected chi connectivity index (χ2v) is 15.3. The highest BCUT2D eigenvalue weighted by atomic mass is 19.1. The number of allylic oxidation sites excluding steroid dienone is 2. The maximum Gasteiger partial charge on any atom is 0.247 e. The van der Waals surface area contributed by atoms with Crippen LogP contribution in [-0.2, 0) is 16.8 Å². The van der Waals surface area contributed by atoms with E-state index in [2.05, 4.69) is 31.3 Å². The molecule has 4 N–H and O–H groups in total. The lowest BCUT2D eigenvalue weighted by Gasteiger charge is -2.58. The molecule has 0 radical (unpaired) electrons. The summed E-state index contributed by atoms with van der Waals surface area (Å²) in [5.41, 5.74) is 10.6. The van der Waals surface area contributed by atoms with Crippen LogP contribution in [0.2, 0.25) is 0 Å². The Morgan fingerprint density at radius 3 is 2.63 bits per heavy atom. The number of fused-ring (bicyclic) bond motifs is 7. The molecule has 0 saturated heterocycles. The van der Waals surface area contributed by atoms with Crippen LogP contribution in [0.3, 0.4) is 0 Å². The first-order valence-corrected chi connectivity index (χ1v) is 17.0. The molecule has 1 spiro atoms. The van der Waals surface area contributed by atoms with Crippen LogP contribution in [0.4, 0.5) is 10.1 Å². The number of hydrogen-bond acceptors (Lipinski definition) is 5. The van der Waals surface area contributed by atoms with Gasteiger partial charge in [0.1, 0.15) is 23.1 Å². The lowest BCUT2D eigenvalue weighted by molar-refractivity contribution is -0.120. The molecule has 4 aliphatic carbocycles. The fourth-order valence-corrected chi connectivity index (χ4v) is 11.1. The molecule has 1 amide bonds. The van der Waals surface area contributed by atoms with Gasteiger partial charge in [0.25, 0.3) is 0 Å². The summed E-state index contributed by atoms with van der Waals surface area (Å²) >= 11 is 0. The number of aliphatic hydroxyl groups excluding tert-OH is 1. The molecule has 2 aromatic rings. The number of nitrogens with two attached hydrogens (primary N) is 1. The largest absolute Gasteiger partial charge is 0.393 e. The number of carbonyl (C=O) groups is 1. The Hall–Kier alpha value is -3.89. The highest BCUT2D eigenvalue weighted by molar-refractivity contribution is 6.12. The topological polar surface area (TPSA) is 102 Å². The van der Waals surface area contributed by atoms with Crippen molar-refractivity contribution in [3.63, 3.8) is 0 Å². The summed E-state index contributed by atoms with van der Waals surface area (Å²) in [6.07, 6.45) is 12.6. The van der Waals surface area contributed by atoms with E-state index in [1.165, 1.54) is 24.1 Å². The zero-order chi connectivity index (χ0) is 32.0. The van der Waals surface area contributed by atoms with Crippen LogP contribution >= 0.6 is 0 Å². The van der Waals surface area contributed by atoms with Crippen LogP contribution in [0, 0.1) is 51.6 Å². The van der Waals surface area contributed by atoms with Gasteiger partial charge in [-0.2, -0.15) is 5.26 Å². The number of nitrogens with one attached hydrogen (secondary N) is 1. The van der Waals surface area contributed by atoms with Crippen molar-refractivity contribution in [2.24, 2.45) is 40.2 Å². The number of aliphatic hydroxyl groups is 1. The number of amides is 1. The van der Waals surface area contributed by atoms with Crippen molar-refractivity contribution in [3.05, 3.63) is 100 Å². The van der Waals surface area contributed by atoms with Crippen molar-refractivity contribution < 1.29 is 14.3 Å². The van der Waals surface area contributed by atoms with E-state index < -0.39 is 5.41 Å². The van der Waals surface area contributed by atoms with Crippen molar-refractivity contribution in [1.82, 2.24) is 5.32 Å². The van der Waals surface area contributed by atoms with Gasteiger partial charge in [0.2, 0.25) is 5.91 Å². The third-order valence-corrected chi connectivity index (χ3v) is 13.3. The van der Waals surface area contributed by atoms with Gasteiger partial charge in [0, 0.05) is 22.9 Å². The maximum absolute atomic E-state index is 14.7. The summed E-state index contributed by atoms with van der Waals surface area (Å²) < 4.78 is 13.7. The molecule has 7 heteroatoms. The number of hydrogen-bond donors (Lipinski definition) is 3. The zero-order valence-corrected chi connectivity index (χ0v) is 26.7. The first-order valence-electron chi connectivity index (χ1n) is 17.0. The first-order chi connectivity index (χ1) is 22.1. The molecule has 0 bridgehead atoms. The molecule has 3 fully saturated rings. The molecule has 6 nitrogen and oxygen atoms in total. The van der Waals surface area contributed by atoms with Gasteiger partial charge in [-0.25, -0.2) is 4.39 Å². The summed E-state index contributed by atoms with van der Waals surface area (Å²) in [7, 11) is 0. The minimum absolute atomic E-state index is 0.0382. The average Bonchev–Trinajstić information content (AvgIpc) is 3.51. The predicted molar refractivity (Wildman–Crippen MR) is 175 cm³/mol. The number of rotatable bonds is 3. The monoisotopic (exact) mass is 618 g/mol. The van der Waals surface area contributed by atoms with Crippen LogP contribution in [0.25, 0.3) is 0 Å². The second kappa shape index (κ2) is 10.3. The number of carbonyl (C=O) groups excluding carboxylic acids is 1. The van der Waals surface area contributed by atoms with E-state index in [1.807, 2.05) is 30.3 Å². The number of nitriles is 1. The molecular formula is C39H43FN4O2. The number of benzene rings is 2. The van der Waals surface area contributed by atoms with E-state index in [0.717, 1.165) is 67.5 Å². The molecule has 238 valence electrons. The van der Waals surface area contributed by atoms with Gasteiger partial charge in [-0.1, -0.05) is 55.8 Å². The van der Waals surface area contributed by atoms with Gasteiger partial charge in [-0.3, -0.25) is 4.79 Å². The number of dihydropyridines is 1. The smallest absolute Gasteiger partial charge is 0.247 e. The van der Waals surface area contributed by atoms with Crippen molar-refractivity contribution in [1.29, 1.82) is 5.26 Å². The summed E-state index contributed by atoms with van der Waals surface area (Å²) in [5, 5.41) is 24.4. The number of anilines is 1. The molecule has 3 saturated carbocycles. The van der Waals surface area contributed by atoms with E-state index in [9.17, 15) is 19.6 Å². The van der Waals surface area contributed by atoms with E-state index in [1.54, 1.807) is 17.0 Å². The van der Waals surface area contributed by atoms with E-state index in [4.69, 9.17) is 5.73 Å². The zero-order valence-electron chi connectivity index (χ0n) is 26.7. The molecule has 2 heterocycles. The number of nitrogens with zero attached hydrogens (tertiary/aromatic N) is 2. The van der Waals surface area contributed by atoms with Crippen LogP contribution in [0.1, 0.15) is 76.3 Å². The first kappa shape index (κ1) is 29.5. The minimum atomic E-state index is -1.32. The van der Waals surface area contributed by atoms with Gasteiger partial charge in [-0.15, -0.1) is 0 Å². The van der Waals surface area contributed by atoms with Gasteiger partial charge in [-0.05, 0) is 110 Å². The molecule has 6 aliphatic rings. The normalized spacial score (nSPS) is 37.8. The Bertz CT molecular complexity index is 1760. The Morgan fingerprint density at radius 1 is 1.07 bits per heavy atom. The average molecular weight is 619 g/mol. The van der Waals surface area contributed by atoms with E-state index in [0.29, 0.717) is 17.8 Å². The van der Waals surface area contributed by atoms with E-state index in [-0.39, 0.29) is 52.5 Å². The Labute approximate surface area is 270 Å². The van der Waals surface area contributed by atoms with Crippen molar-refractivity contribution in [2.75, 3.05) is 4.90 Å². The standard InChI is InChI=1S/C39H43FN4O2/c1-37-17-15-26(45)19-24(37)9-12-27-28-13-14-30(38(28,2)18-16-29(27)37)33-20-39(32(21-41)35(42)43-33)31-5-3-4-6-34(31)44(36(39)46)22-23-7-10-25(40)11-8-23/h3-11,20,26-30,43,45H,12-19,22,42H2,1-2H3/t26-,27-,28-,29-,30+,37-,38-,39?/m0/s1. The molecule has 8 rings (SSSR count). The minimum Gasteiger partial charge on any atom is -0.393 e. The Morgan fingerprint density at radius 2 is 1.85 bits per heavy atom. The summed E-state index contributed by atoms with van der Waals surface area (Å²) in [6, 6.07) is 16.2. The SMILES string of the molecule is C[C@]12CC[C@H]3[C@@H](CC=C4C[C@@H](O)CC[C@@]43C)[C@@H]1CC[C@@H]2C1=CC2(C(=O)N(Cc3ccc(F)cc3)c3ccccc32)C(C#N)=C(N)N1. The van der Waals surface area contributed by atoms with Crippen molar-refractivity contribution >= 4 is 11.6 Å². The fraction of sp³-hybridized carbons (Fsp3) is 0.487. The molecule has 8 atom stereocenters. The predicted octanol–water partition coefficient (Wildman–Crippen LogP) is 6.73. The van der Waals surface area contributed by atoms with Crippen LogP contribution in [-0.4, -0.2) is 17.1 Å². The summed E-state index contributed by atoms with van der Waals surface area (Å²) in [5.74, 6) is 1.72. The maximum atomic E-state index is 14.7. The second-order valence-electron chi connectivity index (χ2n) is 15.3. The molecule has 0 aromatic heterocycles. The highest BCUT2D eigenvalue weighted by Gasteiger charge is 2.61. The van der Waals surface area contributed by atoms with Crippen LogP contribution in [0.15, 0.2) is 83.3 Å². The van der Waals surface area contributed by atoms with Gasteiger partial charge >= 0.3 is 0 Å². The third kappa shape index (κ3) is 3.98. The van der Waals surface area contributed by atoms with Crippen molar-refractivity contribution in [3.8, 4) is 6.07 Å². The Kier molecular flexibility index (Phi) is 6.61. The fourth-order valence-electron chi connectivity index (χ4n) is 11.1. The van der Waals surface area contributed by atoms with Gasteiger partial charge < -0.3 is 21.1 Å².